The van der Waals surface area contributed by atoms with Crippen molar-refractivity contribution in [2.45, 2.75) is 58.8 Å². The van der Waals surface area contributed by atoms with E-state index >= 15 is 0 Å². The molecule has 2 atom stereocenters. The zero-order valence-corrected chi connectivity index (χ0v) is 11.7. The van der Waals surface area contributed by atoms with E-state index in [-0.39, 0.29) is 6.61 Å². The molecule has 1 unspecified atom stereocenters. The van der Waals surface area contributed by atoms with E-state index < -0.39 is 11.8 Å². The van der Waals surface area contributed by atoms with Gasteiger partial charge in [0.25, 0.3) is 0 Å². The van der Waals surface area contributed by atoms with Gasteiger partial charge >= 0.3 is 0 Å². The summed E-state index contributed by atoms with van der Waals surface area (Å²) in [6.07, 6.45) is 2.51. The number of rotatable bonds is 10. The Morgan fingerprint density at radius 1 is 1.29 bits per heavy atom. The molecule has 0 saturated carbocycles. The number of aliphatic hydroxyl groups is 2. The quantitative estimate of drug-likeness (QED) is 0.404. The van der Waals surface area contributed by atoms with E-state index in [0.717, 1.165) is 19.3 Å². The fourth-order valence-corrected chi connectivity index (χ4v) is 1.35. The Hall–Kier alpha value is -0.160. The third-order valence-electron chi connectivity index (χ3n) is 2.99. The molecule has 17 heavy (non-hydrogen) atoms. The van der Waals surface area contributed by atoms with Crippen LogP contribution in [0.4, 0.5) is 0 Å². The van der Waals surface area contributed by atoms with Crippen LogP contribution in [-0.4, -0.2) is 41.8 Å². The molecule has 0 heterocycles. The molecular weight excluding hydrogens is 218 g/mol. The average Bonchev–Trinajstić information content (AvgIpc) is 2.31. The minimum absolute atomic E-state index is 0.00354. The highest BCUT2D eigenvalue weighted by atomic mass is 16.5. The van der Waals surface area contributed by atoms with Gasteiger partial charge in [-0.3, -0.25) is 5.32 Å². The molecular formula is C13H29NO3. The van der Waals surface area contributed by atoms with Crippen molar-refractivity contribution in [2.24, 2.45) is 5.92 Å². The summed E-state index contributed by atoms with van der Waals surface area (Å²) >= 11 is 0. The minimum atomic E-state index is -0.497. The van der Waals surface area contributed by atoms with Gasteiger partial charge in [0.1, 0.15) is 6.23 Å². The Kier molecular flexibility index (Phi) is 8.78. The summed E-state index contributed by atoms with van der Waals surface area (Å²) < 4.78 is 5.45. The van der Waals surface area contributed by atoms with E-state index in [1.807, 2.05) is 13.8 Å². The van der Waals surface area contributed by atoms with E-state index in [4.69, 9.17) is 9.84 Å². The minimum Gasteiger partial charge on any atom is -0.393 e. The molecule has 3 N–H and O–H groups in total. The monoisotopic (exact) mass is 247 g/mol. The fraction of sp³-hybridized carbons (Fsp3) is 1.00. The molecule has 104 valence electrons. The maximum Gasteiger partial charge on any atom is 0.104 e. The molecule has 4 heteroatoms. The lowest BCUT2D eigenvalue weighted by atomic mass is 10.0. The Bertz CT molecular complexity index is 186. The molecule has 0 aromatic heterocycles. The van der Waals surface area contributed by atoms with Gasteiger partial charge in [-0.05, 0) is 32.6 Å². The van der Waals surface area contributed by atoms with Gasteiger partial charge in [0.05, 0.1) is 18.8 Å². The van der Waals surface area contributed by atoms with E-state index in [9.17, 15) is 5.11 Å². The lowest BCUT2D eigenvalue weighted by molar-refractivity contribution is -0.0547. The van der Waals surface area contributed by atoms with Gasteiger partial charge in [0.15, 0.2) is 0 Å². The zero-order chi connectivity index (χ0) is 13.3. The van der Waals surface area contributed by atoms with Crippen LogP contribution >= 0.6 is 0 Å². The van der Waals surface area contributed by atoms with Crippen LogP contribution in [0.3, 0.4) is 0 Å². The van der Waals surface area contributed by atoms with Crippen molar-refractivity contribution < 1.29 is 14.9 Å². The maximum absolute atomic E-state index is 9.66. The van der Waals surface area contributed by atoms with Crippen molar-refractivity contribution >= 4 is 0 Å². The summed E-state index contributed by atoms with van der Waals surface area (Å²) in [6, 6.07) is 0. The Morgan fingerprint density at radius 3 is 2.47 bits per heavy atom. The van der Waals surface area contributed by atoms with Crippen LogP contribution in [0.2, 0.25) is 0 Å². The summed E-state index contributed by atoms with van der Waals surface area (Å²) in [5.41, 5.74) is -0.497. The second-order valence-electron chi connectivity index (χ2n) is 5.33. The van der Waals surface area contributed by atoms with Gasteiger partial charge in [-0.15, -0.1) is 0 Å². The smallest absolute Gasteiger partial charge is 0.104 e. The third kappa shape index (κ3) is 9.53. The number of ether oxygens (including phenoxy) is 1. The summed E-state index contributed by atoms with van der Waals surface area (Å²) in [6.45, 7) is 9.14. The first-order valence-electron chi connectivity index (χ1n) is 6.57. The summed E-state index contributed by atoms with van der Waals surface area (Å²) in [7, 11) is 0. The summed E-state index contributed by atoms with van der Waals surface area (Å²) in [5, 5.41) is 21.7. The van der Waals surface area contributed by atoms with E-state index in [2.05, 4.69) is 19.2 Å². The molecule has 4 nitrogen and oxygen atoms in total. The molecule has 0 aromatic rings. The zero-order valence-electron chi connectivity index (χ0n) is 11.7. The highest BCUT2D eigenvalue weighted by Gasteiger charge is 2.16. The Balaban J connectivity index is 3.48. The topological polar surface area (TPSA) is 61.7 Å². The van der Waals surface area contributed by atoms with Crippen LogP contribution in [0, 0.1) is 5.92 Å². The van der Waals surface area contributed by atoms with Crippen molar-refractivity contribution in [1.29, 1.82) is 0 Å². The number of hydrogen-bond acceptors (Lipinski definition) is 4. The third-order valence-corrected chi connectivity index (χ3v) is 2.99. The van der Waals surface area contributed by atoms with Gasteiger partial charge in [-0.1, -0.05) is 20.3 Å². The van der Waals surface area contributed by atoms with Crippen LogP contribution < -0.4 is 5.32 Å². The van der Waals surface area contributed by atoms with Crippen molar-refractivity contribution in [2.75, 3.05) is 19.8 Å². The molecule has 0 amide bonds. The van der Waals surface area contributed by atoms with Gasteiger partial charge in [0.2, 0.25) is 0 Å². The summed E-state index contributed by atoms with van der Waals surface area (Å²) in [4.78, 5) is 0. The molecule has 0 aromatic carbocycles. The number of hydrogen-bond donors (Lipinski definition) is 3. The Labute approximate surface area is 105 Å². The number of nitrogens with one attached hydrogen (secondary N) is 1. The van der Waals surface area contributed by atoms with Crippen molar-refractivity contribution in [1.82, 2.24) is 5.32 Å². The highest BCUT2D eigenvalue weighted by molar-refractivity contribution is 4.66. The standard InChI is InChI=1S/C13H29NO3/c1-5-11(2)6-7-12(16)14-8-9-17-13(3,4)10-15/h11-12,14-16H,5-10H2,1-4H3/t11-,12?/m1/s1. The van der Waals surface area contributed by atoms with E-state index in [1.165, 1.54) is 0 Å². The van der Waals surface area contributed by atoms with Crippen molar-refractivity contribution in [3.8, 4) is 0 Å². The highest BCUT2D eigenvalue weighted by Crippen LogP contribution is 2.10. The molecule has 0 aliphatic heterocycles. The van der Waals surface area contributed by atoms with Gasteiger partial charge < -0.3 is 14.9 Å². The Morgan fingerprint density at radius 2 is 1.94 bits per heavy atom. The molecule has 0 rings (SSSR count). The molecule has 0 spiro atoms. The van der Waals surface area contributed by atoms with Crippen LogP contribution in [0.25, 0.3) is 0 Å². The normalized spacial score (nSPS) is 15.9. The van der Waals surface area contributed by atoms with Crippen molar-refractivity contribution in [3.63, 3.8) is 0 Å². The van der Waals surface area contributed by atoms with Gasteiger partial charge in [-0.2, -0.15) is 0 Å². The molecule has 0 saturated heterocycles. The molecule has 0 bridgehead atoms. The SMILES string of the molecule is CC[C@@H](C)CCC(O)NCCOC(C)(C)CO. The second kappa shape index (κ2) is 8.86. The van der Waals surface area contributed by atoms with Crippen molar-refractivity contribution in [3.05, 3.63) is 0 Å². The van der Waals surface area contributed by atoms with E-state index in [0.29, 0.717) is 19.1 Å². The number of aliphatic hydroxyl groups excluding tert-OH is 2. The molecule has 0 aliphatic rings. The van der Waals surface area contributed by atoms with Crippen LogP contribution in [0.5, 0.6) is 0 Å². The lowest BCUT2D eigenvalue weighted by Gasteiger charge is -2.23. The first kappa shape index (κ1) is 16.8. The molecule has 0 fully saturated rings. The van der Waals surface area contributed by atoms with Gasteiger partial charge in [0, 0.05) is 6.54 Å². The lowest BCUT2D eigenvalue weighted by Crippen LogP contribution is -2.36. The first-order valence-corrected chi connectivity index (χ1v) is 6.57. The average molecular weight is 247 g/mol. The van der Waals surface area contributed by atoms with E-state index in [1.54, 1.807) is 0 Å². The van der Waals surface area contributed by atoms with Crippen LogP contribution in [0.15, 0.2) is 0 Å². The molecule has 0 radical (unpaired) electrons. The second-order valence-corrected chi connectivity index (χ2v) is 5.33. The predicted octanol–water partition coefficient (Wildman–Crippen LogP) is 1.51. The fourth-order valence-electron chi connectivity index (χ4n) is 1.35. The van der Waals surface area contributed by atoms with Crippen LogP contribution in [0.1, 0.15) is 47.0 Å². The van der Waals surface area contributed by atoms with Crippen LogP contribution in [-0.2, 0) is 4.74 Å². The molecule has 0 aliphatic carbocycles. The predicted molar refractivity (Wildman–Crippen MR) is 69.8 cm³/mol. The largest absolute Gasteiger partial charge is 0.393 e. The first-order chi connectivity index (χ1) is 7.91. The van der Waals surface area contributed by atoms with Gasteiger partial charge in [-0.25, -0.2) is 0 Å². The maximum atomic E-state index is 9.66. The summed E-state index contributed by atoms with van der Waals surface area (Å²) in [5.74, 6) is 0.663.